The summed E-state index contributed by atoms with van der Waals surface area (Å²) in [7, 11) is 0. The van der Waals surface area contributed by atoms with Gasteiger partial charge in [-0.1, -0.05) is 11.3 Å². The molecule has 20 heavy (non-hydrogen) atoms. The molecule has 0 aliphatic carbocycles. The molecule has 1 aromatic heterocycles. The van der Waals surface area contributed by atoms with Crippen molar-refractivity contribution >= 4 is 44.3 Å². The highest BCUT2D eigenvalue weighted by Crippen LogP contribution is 2.24. The Bertz CT molecular complexity index is 705. The molecule has 104 valence electrons. The highest BCUT2D eigenvalue weighted by atomic mass is 79.9. The minimum atomic E-state index is -1.53. The predicted octanol–water partition coefficient (Wildman–Crippen LogP) is 3.13. The Labute approximate surface area is 123 Å². The van der Waals surface area contributed by atoms with Crippen LogP contribution in [0.2, 0.25) is 0 Å². The summed E-state index contributed by atoms with van der Waals surface area (Å²) in [4.78, 5) is 26.7. The summed E-state index contributed by atoms with van der Waals surface area (Å²) in [5.74, 6) is -5.06. The van der Waals surface area contributed by atoms with Crippen molar-refractivity contribution in [2.45, 2.75) is 0 Å². The third-order valence-corrected chi connectivity index (χ3v) is 3.63. The first-order valence-corrected chi connectivity index (χ1v) is 6.64. The summed E-state index contributed by atoms with van der Waals surface area (Å²) < 4.78 is 26.8. The first-order chi connectivity index (χ1) is 9.38. The van der Waals surface area contributed by atoms with Crippen molar-refractivity contribution in [3.05, 3.63) is 44.9 Å². The number of nitrogens with zero attached hydrogens (tertiary/aromatic N) is 1. The summed E-state index contributed by atoms with van der Waals surface area (Å²) in [5, 5.41) is 11.4. The van der Waals surface area contributed by atoms with E-state index in [9.17, 15) is 18.4 Å². The van der Waals surface area contributed by atoms with E-state index in [1.807, 2.05) is 0 Å². The van der Waals surface area contributed by atoms with Crippen molar-refractivity contribution < 1.29 is 23.5 Å². The molecule has 2 N–H and O–H groups in total. The molecule has 9 heteroatoms. The van der Waals surface area contributed by atoms with Gasteiger partial charge in [0.15, 0.2) is 16.8 Å². The average molecular weight is 363 g/mol. The molecule has 5 nitrogen and oxygen atoms in total. The summed E-state index contributed by atoms with van der Waals surface area (Å²) >= 11 is 4.23. The first-order valence-electron chi connectivity index (χ1n) is 5.03. The van der Waals surface area contributed by atoms with Crippen LogP contribution in [0.3, 0.4) is 0 Å². The van der Waals surface area contributed by atoms with Crippen LogP contribution in [0.15, 0.2) is 22.1 Å². The normalized spacial score (nSPS) is 10.3. The molecule has 0 atom stereocenters. The molecule has 0 saturated heterocycles. The number of rotatable bonds is 3. The average Bonchev–Trinajstić information content (AvgIpc) is 2.77. The van der Waals surface area contributed by atoms with Gasteiger partial charge in [-0.3, -0.25) is 10.1 Å². The smallest absolute Gasteiger partial charge is 0.336 e. The van der Waals surface area contributed by atoms with Crippen LogP contribution >= 0.6 is 27.3 Å². The quantitative estimate of drug-likeness (QED) is 0.878. The number of halogens is 3. The molecule has 0 unspecified atom stereocenters. The number of thiazole rings is 1. The molecule has 1 aromatic carbocycles. The van der Waals surface area contributed by atoms with Gasteiger partial charge in [-0.2, -0.15) is 0 Å². The molecule has 0 radical (unpaired) electrons. The van der Waals surface area contributed by atoms with Gasteiger partial charge < -0.3 is 5.11 Å². The summed E-state index contributed by atoms with van der Waals surface area (Å²) in [5.41, 5.74) is -1.11. The number of anilines is 1. The number of carbonyl (C=O) groups excluding carboxylic acids is 1. The largest absolute Gasteiger partial charge is 0.478 e. The van der Waals surface area contributed by atoms with Crippen molar-refractivity contribution in [2.75, 3.05) is 5.32 Å². The van der Waals surface area contributed by atoms with E-state index in [1.165, 1.54) is 6.20 Å². The summed E-state index contributed by atoms with van der Waals surface area (Å²) in [6.07, 6.45) is 1.43. The monoisotopic (exact) mass is 362 g/mol. The van der Waals surface area contributed by atoms with Gasteiger partial charge in [0, 0.05) is 0 Å². The number of amides is 1. The molecular formula is C11H5BrF2N2O3S. The van der Waals surface area contributed by atoms with Gasteiger partial charge in [-0.25, -0.2) is 18.6 Å². The van der Waals surface area contributed by atoms with Crippen molar-refractivity contribution in [2.24, 2.45) is 0 Å². The number of nitrogens with one attached hydrogen (secondary N) is 1. The predicted molar refractivity (Wildman–Crippen MR) is 71.1 cm³/mol. The Morgan fingerprint density at radius 2 is 1.85 bits per heavy atom. The molecule has 2 rings (SSSR count). The van der Waals surface area contributed by atoms with Crippen molar-refractivity contribution in [1.82, 2.24) is 4.98 Å². The molecular weight excluding hydrogens is 358 g/mol. The van der Waals surface area contributed by atoms with Crippen LogP contribution in [0.25, 0.3) is 0 Å². The Morgan fingerprint density at radius 3 is 2.35 bits per heavy atom. The summed E-state index contributed by atoms with van der Waals surface area (Å²) in [6, 6.07) is 1.00. The molecule has 1 amide bonds. The minimum Gasteiger partial charge on any atom is -0.478 e. The maximum atomic E-state index is 13.2. The van der Waals surface area contributed by atoms with Crippen molar-refractivity contribution in [1.29, 1.82) is 0 Å². The van der Waals surface area contributed by atoms with E-state index in [0.29, 0.717) is 15.9 Å². The van der Waals surface area contributed by atoms with Crippen molar-refractivity contribution in [3.8, 4) is 0 Å². The van der Waals surface area contributed by atoms with Crippen molar-refractivity contribution in [3.63, 3.8) is 0 Å². The maximum Gasteiger partial charge on any atom is 0.336 e. The van der Waals surface area contributed by atoms with Crippen LogP contribution in [0.4, 0.5) is 13.9 Å². The summed E-state index contributed by atoms with van der Waals surface area (Å²) in [6.45, 7) is 0. The van der Waals surface area contributed by atoms with Crippen LogP contribution in [0.1, 0.15) is 20.7 Å². The molecule has 0 saturated carbocycles. The lowest BCUT2D eigenvalue weighted by Crippen LogP contribution is -2.17. The molecule has 0 fully saturated rings. The topological polar surface area (TPSA) is 79.3 Å². The lowest BCUT2D eigenvalue weighted by Gasteiger charge is -2.06. The maximum absolute atomic E-state index is 13.2. The fourth-order valence-electron chi connectivity index (χ4n) is 1.39. The van der Waals surface area contributed by atoms with E-state index in [-0.39, 0.29) is 5.13 Å². The zero-order valence-electron chi connectivity index (χ0n) is 9.49. The highest BCUT2D eigenvalue weighted by Gasteiger charge is 2.21. The zero-order valence-corrected chi connectivity index (χ0v) is 11.9. The number of carbonyl (C=O) groups is 2. The van der Waals surface area contributed by atoms with Gasteiger partial charge in [0.25, 0.3) is 5.91 Å². The minimum absolute atomic E-state index is 0.197. The van der Waals surface area contributed by atoms with E-state index in [1.54, 1.807) is 0 Å². The van der Waals surface area contributed by atoms with Crippen LogP contribution < -0.4 is 5.32 Å². The lowest BCUT2D eigenvalue weighted by atomic mass is 10.1. The van der Waals surface area contributed by atoms with Crippen LogP contribution in [0, 0.1) is 11.6 Å². The molecule has 1 heterocycles. The Hall–Kier alpha value is -1.87. The van der Waals surface area contributed by atoms with Crippen LogP contribution in [-0.4, -0.2) is 22.0 Å². The number of aromatic carboxylic acids is 1. The molecule has 0 aliphatic heterocycles. The number of aromatic nitrogens is 1. The van der Waals surface area contributed by atoms with Gasteiger partial charge >= 0.3 is 5.97 Å². The third-order valence-electron chi connectivity index (χ3n) is 2.23. The fraction of sp³-hybridized carbons (Fsp3) is 0. The molecule has 0 aliphatic rings. The number of carboxylic acids is 1. The standard InChI is InChI=1S/C11H5BrF2N2O3S/c12-8-3-15-11(20-8)16-9(17)4-1-6(13)7(14)2-5(4)10(18)19/h1-3H,(H,18,19)(H,15,16,17). The second-order valence-electron chi connectivity index (χ2n) is 3.54. The molecule has 0 spiro atoms. The Balaban J connectivity index is 2.38. The highest BCUT2D eigenvalue weighted by molar-refractivity contribution is 9.11. The van der Waals surface area contributed by atoms with Gasteiger partial charge in [-0.15, -0.1) is 0 Å². The molecule has 0 bridgehead atoms. The number of carboxylic acid groups (broad SMARTS) is 1. The number of hydrogen-bond donors (Lipinski definition) is 2. The Morgan fingerprint density at radius 1 is 1.25 bits per heavy atom. The van der Waals surface area contributed by atoms with E-state index >= 15 is 0 Å². The fourth-order valence-corrected chi connectivity index (χ4v) is 2.49. The Kier molecular flexibility index (Phi) is 4.09. The number of benzene rings is 1. The van der Waals surface area contributed by atoms with Crippen LogP contribution in [-0.2, 0) is 0 Å². The van der Waals surface area contributed by atoms with E-state index in [4.69, 9.17) is 5.11 Å². The third kappa shape index (κ3) is 2.99. The SMILES string of the molecule is O=C(O)c1cc(F)c(F)cc1C(=O)Nc1ncc(Br)s1. The zero-order chi connectivity index (χ0) is 14.9. The van der Waals surface area contributed by atoms with Gasteiger partial charge in [-0.05, 0) is 28.1 Å². The number of hydrogen-bond acceptors (Lipinski definition) is 4. The first kappa shape index (κ1) is 14.5. The lowest BCUT2D eigenvalue weighted by molar-refractivity contribution is 0.0691. The second kappa shape index (κ2) is 5.63. The second-order valence-corrected chi connectivity index (χ2v) is 5.95. The van der Waals surface area contributed by atoms with E-state index in [0.717, 1.165) is 11.3 Å². The molecule has 2 aromatic rings. The van der Waals surface area contributed by atoms with Crippen LogP contribution in [0.5, 0.6) is 0 Å². The van der Waals surface area contributed by atoms with E-state index in [2.05, 4.69) is 26.2 Å². The van der Waals surface area contributed by atoms with Gasteiger partial charge in [0.1, 0.15) is 0 Å². The van der Waals surface area contributed by atoms with Gasteiger partial charge in [0.05, 0.1) is 21.1 Å². The van der Waals surface area contributed by atoms with Gasteiger partial charge in [0.2, 0.25) is 0 Å². The van der Waals surface area contributed by atoms with E-state index < -0.39 is 34.6 Å².